The summed E-state index contributed by atoms with van der Waals surface area (Å²) in [6.45, 7) is 3.25. The van der Waals surface area contributed by atoms with Gasteiger partial charge >= 0.3 is 12.1 Å². The zero-order valence-corrected chi connectivity index (χ0v) is 18.1. The van der Waals surface area contributed by atoms with E-state index in [0.717, 1.165) is 4.90 Å². The Morgan fingerprint density at radius 2 is 2.00 bits per heavy atom. The Kier molecular flexibility index (Phi) is 6.61. The Morgan fingerprint density at radius 1 is 1.33 bits per heavy atom. The van der Waals surface area contributed by atoms with Crippen molar-refractivity contribution in [2.75, 3.05) is 19.7 Å². The van der Waals surface area contributed by atoms with Crippen molar-refractivity contribution in [2.45, 2.75) is 51.0 Å². The van der Waals surface area contributed by atoms with Crippen LogP contribution in [0.25, 0.3) is 0 Å². The lowest BCUT2D eigenvalue weighted by Gasteiger charge is -2.33. The smallest absolute Gasteiger partial charge is 0.394 e. The Balaban J connectivity index is 1.74. The van der Waals surface area contributed by atoms with E-state index in [1.54, 1.807) is 0 Å². The third-order valence-corrected chi connectivity index (χ3v) is 6.96. The number of likely N-dealkylation sites (tertiary alicyclic amines) is 1. The second kappa shape index (κ2) is 8.81. The predicted octanol–water partition coefficient (Wildman–Crippen LogP) is -0.957. The first-order valence-corrected chi connectivity index (χ1v) is 10.6. The molecule has 6 atom stereocenters. The van der Waals surface area contributed by atoms with Gasteiger partial charge in [-0.05, 0) is 30.1 Å². The van der Waals surface area contributed by atoms with Gasteiger partial charge in [-0.1, -0.05) is 13.8 Å². The minimum Gasteiger partial charge on any atom is -0.394 e. The highest BCUT2D eigenvalue weighted by atomic mass is 19.4. The number of aliphatic hydroxyl groups is 1. The summed E-state index contributed by atoms with van der Waals surface area (Å²) in [5, 5.41) is 25.6. The number of nitrogens with zero attached hydrogens (tertiary/aromatic N) is 2. The third-order valence-electron chi connectivity index (χ3n) is 6.96. The van der Waals surface area contributed by atoms with Crippen molar-refractivity contribution in [3.05, 3.63) is 0 Å². The fraction of sp³-hybridized carbons (Fsp3) is 0.750. The highest BCUT2D eigenvalue weighted by Crippen LogP contribution is 2.64. The van der Waals surface area contributed by atoms with E-state index in [0.29, 0.717) is 13.0 Å². The molecule has 182 valence electrons. The lowest BCUT2D eigenvalue weighted by atomic mass is 9.97. The molecule has 0 bridgehead atoms. The molecule has 1 saturated carbocycles. The van der Waals surface area contributed by atoms with E-state index in [1.165, 1.54) is 5.32 Å². The largest absolute Gasteiger partial charge is 0.471 e. The molecule has 1 aliphatic carbocycles. The molecule has 3 rings (SSSR count). The van der Waals surface area contributed by atoms with Crippen LogP contribution in [-0.4, -0.2) is 77.6 Å². The number of piperidine rings is 1. The predicted molar refractivity (Wildman–Crippen MR) is 105 cm³/mol. The van der Waals surface area contributed by atoms with E-state index >= 15 is 0 Å². The van der Waals surface area contributed by atoms with E-state index in [4.69, 9.17) is 0 Å². The lowest BCUT2D eigenvalue weighted by Crippen LogP contribution is -2.58. The summed E-state index contributed by atoms with van der Waals surface area (Å²) in [6, 6.07) is -2.01. The van der Waals surface area contributed by atoms with Crippen LogP contribution in [0, 0.1) is 34.5 Å². The number of hydrogen-bond acceptors (Lipinski definition) is 6. The first-order chi connectivity index (χ1) is 15.3. The molecular weight excluding hydrogens is 447 g/mol. The van der Waals surface area contributed by atoms with Crippen LogP contribution in [0.4, 0.5) is 13.2 Å². The molecule has 13 heteroatoms. The Labute approximate surface area is 187 Å². The van der Waals surface area contributed by atoms with Gasteiger partial charge in [-0.15, -0.1) is 0 Å². The number of amides is 4. The third kappa shape index (κ3) is 4.75. The maximum absolute atomic E-state index is 13.1. The second-order valence-corrected chi connectivity index (χ2v) is 9.30. The lowest BCUT2D eigenvalue weighted by molar-refractivity contribution is -0.175. The van der Waals surface area contributed by atoms with Gasteiger partial charge in [0, 0.05) is 19.0 Å². The van der Waals surface area contributed by atoms with Gasteiger partial charge < -0.3 is 26.0 Å². The Morgan fingerprint density at radius 3 is 2.52 bits per heavy atom. The number of fused-ring (bicyclic) bond motifs is 1. The minimum atomic E-state index is -5.24. The molecule has 3 fully saturated rings. The van der Waals surface area contributed by atoms with Crippen molar-refractivity contribution in [1.29, 1.82) is 5.26 Å². The average molecular weight is 473 g/mol. The molecular formula is C20H26F3N5O5. The van der Waals surface area contributed by atoms with Gasteiger partial charge in [0.1, 0.15) is 18.1 Å². The van der Waals surface area contributed by atoms with Gasteiger partial charge in [-0.2, -0.15) is 18.4 Å². The van der Waals surface area contributed by atoms with Crippen LogP contribution in [0.3, 0.4) is 0 Å². The fourth-order valence-corrected chi connectivity index (χ4v) is 4.99. The zero-order valence-electron chi connectivity index (χ0n) is 18.1. The summed E-state index contributed by atoms with van der Waals surface area (Å²) in [5.41, 5.74) is -0.309. The zero-order chi connectivity index (χ0) is 24.7. The van der Waals surface area contributed by atoms with Crippen LogP contribution < -0.4 is 16.0 Å². The van der Waals surface area contributed by atoms with Gasteiger partial charge in [-0.25, -0.2) is 0 Å². The van der Waals surface area contributed by atoms with Crippen molar-refractivity contribution in [3.63, 3.8) is 0 Å². The first-order valence-electron chi connectivity index (χ1n) is 10.6. The summed E-state index contributed by atoms with van der Waals surface area (Å²) in [4.78, 5) is 50.1. The summed E-state index contributed by atoms with van der Waals surface area (Å²) in [6.07, 6.45) is -4.63. The number of carbonyl (C=O) groups is 4. The van der Waals surface area contributed by atoms with E-state index in [1.807, 2.05) is 19.9 Å². The molecule has 2 aliphatic heterocycles. The van der Waals surface area contributed by atoms with Crippen LogP contribution >= 0.6 is 0 Å². The fourth-order valence-electron chi connectivity index (χ4n) is 4.99. The minimum absolute atomic E-state index is 0.0647. The van der Waals surface area contributed by atoms with E-state index in [-0.39, 0.29) is 36.1 Å². The monoisotopic (exact) mass is 473 g/mol. The SMILES string of the molecule is CC1(C)[C@@H]2[C@@H](C(=O)N[C@H](C#N)C[C@@H]3CCNC3=O)N(C(=O)[C@H](CO)NC(=O)C(F)(F)F)C[C@@H]21. The average Bonchev–Trinajstić information content (AvgIpc) is 3.11. The number of nitrogens with one attached hydrogen (secondary N) is 3. The molecule has 0 aromatic carbocycles. The van der Waals surface area contributed by atoms with Crippen molar-refractivity contribution in [2.24, 2.45) is 23.2 Å². The quantitative estimate of drug-likeness (QED) is 0.374. The Hall–Kier alpha value is -2.88. The highest BCUT2D eigenvalue weighted by molar-refractivity contribution is 5.94. The van der Waals surface area contributed by atoms with Gasteiger partial charge in [0.15, 0.2) is 0 Å². The van der Waals surface area contributed by atoms with Crippen LogP contribution in [-0.2, 0) is 19.2 Å². The van der Waals surface area contributed by atoms with E-state index in [2.05, 4.69) is 10.6 Å². The van der Waals surface area contributed by atoms with Crippen molar-refractivity contribution < 1.29 is 37.5 Å². The van der Waals surface area contributed by atoms with Crippen molar-refractivity contribution >= 4 is 23.6 Å². The van der Waals surface area contributed by atoms with Gasteiger partial charge in [0.05, 0.1) is 12.7 Å². The summed E-state index contributed by atoms with van der Waals surface area (Å²) >= 11 is 0. The molecule has 2 heterocycles. The van der Waals surface area contributed by atoms with E-state index in [9.17, 15) is 42.7 Å². The number of alkyl halides is 3. The van der Waals surface area contributed by atoms with E-state index < -0.39 is 54.5 Å². The number of rotatable bonds is 7. The maximum Gasteiger partial charge on any atom is 0.471 e. The topological polar surface area (TPSA) is 152 Å². The Bertz CT molecular complexity index is 886. The normalized spacial score (nSPS) is 29.4. The van der Waals surface area contributed by atoms with Gasteiger partial charge in [0.25, 0.3) is 0 Å². The standard InChI is InChI=1S/C20H26F3N5O5/c1-19(2)11-7-28(17(32)12(8-29)27-18(33)20(21,22)23)14(13(11)19)16(31)26-10(6-24)5-9-3-4-25-15(9)30/h9-14,29H,3-5,7-8H2,1-2H3,(H,25,30)(H,26,31)(H,27,33)/t9-,10-,11-,12-,13-,14-/m0/s1. The molecule has 0 aromatic rings. The molecule has 4 amide bonds. The second-order valence-electron chi connectivity index (χ2n) is 9.30. The molecule has 0 radical (unpaired) electrons. The molecule has 33 heavy (non-hydrogen) atoms. The van der Waals surface area contributed by atoms with Crippen LogP contribution in [0.15, 0.2) is 0 Å². The molecule has 4 N–H and O–H groups in total. The first kappa shape index (κ1) is 24.8. The summed E-state index contributed by atoms with van der Waals surface area (Å²) in [5.74, 6) is -5.09. The molecule has 0 aromatic heterocycles. The van der Waals surface area contributed by atoms with Crippen molar-refractivity contribution in [1.82, 2.24) is 20.9 Å². The number of carbonyl (C=O) groups excluding carboxylic acids is 4. The molecule has 10 nitrogen and oxygen atoms in total. The summed E-state index contributed by atoms with van der Waals surface area (Å²) in [7, 11) is 0. The van der Waals surface area contributed by atoms with Crippen LogP contribution in [0.1, 0.15) is 26.7 Å². The number of aliphatic hydroxyl groups excluding tert-OH is 1. The van der Waals surface area contributed by atoms with Crippen LogP contribution in [0.5, 0.6) is 0 Å². The molecule has 0 unspecified atom stereocenters. The van der Waals surface area contributed by atoms with Gasteiger partial charge in [0.2, 0.25) is 17.7 Å². The summed E-state index contributed by atoms with van der Waals surface area (Å²) < 4.78 is 37.8. The number of hydrogen-bond donors (Lipinski definition) is 4. The maximum atomic E-state index is 13.1. The van der Waals surface area contributed by atoms with Crippen LogP contribution in [0.2, 0.25) is 0 Å². The molecule has 2 saturated heterocycles. The number of nitriles is 1. The number of halogens is 3. The molecule has 3 aliphatic rings. The van der Waals surface area contributed by atoms with Crippen molar-refractivity contribution in [3.8, 4) is 6.07 Å². The highest BCUT2D eigenvalue weighted by Gasteiger charge is 2.69. The van der Waals surface area contributed by atoms with Gasteiger partial charge in [-0.3, -0.25) is 19.2 Å². The molecule has 0 spiro atoms.